The van der Waals surface area contributed by atoms with Crippen LogP contribution >= 0.6 is 0 Å². The first-order chi connectivity index (χ1) is 25.0. The van der Waals surface area contributed by atoms with Crippen LogP contribution in [0.1, 0.15) is 53.4 Å². The van der Waals surface area contributed by atoms with Crippen LogP contribution in [0.2, 0.25) is 0 Å². The van der Waals surface area contributed by atoms with Crippen LogP contribution in [-0.4, -0.2) is 11.7 Å². The number of rotatable bonds is 5. The van der Waals surface area contributed by atoms with E-state index in [0.717, 1.165) is 33.9 Å². The number of nitrogens with zero attached hydrogens (tertiary/aromatic N) is 3. The van der Waals surface area contributed by atoms with E-state index in [-0.39, 0.29) is 11.6 Å². The second-order valence-corrected chi connectivity index (χ2v) is 13.7. The molecule has 1 aliphatic heterocycles. The Balaban J connectivity index is 1.12. The Labute approximate surface area is 298 Å². The highest BCUT2D eigenvalue weighted by atomic mass is 15.2. The van der Waals surface area contributed by atoms with E-state index in [4.69, 9.17) is 9.98 Å². The Morgan fingerprint density at radius 2 is 1.12 bits per heavy atom. The summed E-state index contributed by atoms with van der Waals surface area (Å²) in [5.74, 6) is 1.62. The summed E-state index contributed by atoms with van der Waals surface area (Å²) < 4.78 is 0. The molecule has 7 aromatic rings. The first-order valence-corrected chi connectivity index (χ1v) is 17.3. The lowest BCUT2D eigenvalue weighted by molar-refractivity contribution is 0.660. The molecule has 0 saturated carbocycles. The molecule has 7 aromatic carbocycles. The number of hydrogen-bond acceptors (Lipinski definition) is 4. The van der Waals surface area contributed by atoms with E-state index >= 15 is 0 Å². The van der Waals surface area contributed by atoms with Gasteiger partial charge in [0, 0.05) is 16.5 Å². The summed E-state index contributed by atoms with van der Waals surface area (Å²) in [6, 6.07) is 57.5. The fourth-order valence-corrected chi connectivity index (χ4v) is 7.79. The maximum atomic E-state index is 9.65. The Hall–Kier alpha value is -6.57. The molecule has 0 fully saturated rings. The predicted molar refractivity (Wildman–Crippen MR) is 209 cm³/mol. The van der Waals surface area contributed by atoms with Gasteiger partial charge in [-0.2, -0.15) is 5.26 Å². The molecule has 4 heteroatoms. The van der Waals surface area contributed by atoms with Gasteiger partial charge in [0.25, 0.3) is 0 Å². The molecule has 0 aromatic heterocycles. The molecule has 0 radical (unpaired) electrons. The van der Waals surface area contributed by atoms with Crippen LogP contribution in [0.15, 0.2) is 168 Å². The van der Waals surface area contributed by atoms with Crippen LogP contribution in [-0.2, 0) is 5.41 Å². The molecular weight excluding hydrogens is 621 g/mol. The van der Waals surface area contributed by atoms with Gasteiger partial charge >= 0.3 is 0 Å². The van der Waals surface area contributed by atoms with E-state index in [9.17, 15) is 5.26 Å². The zero-order valence-electron chi connectivity index (χ0n) is 28.4. The smallest absolute Gasteiger partial charge is 0.169 e. The monoisotopic (exact) mass is 654 g/mol. The van der Waals surface area contributed by atoms with E-state index in [1.807, 2.05) is 42.5 Å². The zero-order chi connectivity index (χ0) is 34.5. The van der Waals surface area contributed by atoms with Gasteiger partial charge in [-0.15, -0.1) is 0 Å². The van der Waals surface area contributed by atoms with Gasteiger partial charge in [0.2, 0.25) is 0 Å². The summed E-state index contributed by atoms with van der Waals surface area (Å²) in [7, 11) is 0. The zero-order valence-corrected chi connectivity index (χ0v) is 28.4. The SMILES string of the molecule is CC1(C)c2cc(C#N)ccc2-c2c(-c3ccc(-c4ccc(C5N=C(c6ccccc6)NC(c6ccccc6)=N5)cc4)c4ccccc34)cccc21. The Morgan fingerprint density at radius 3 is 1.76 bits per heavy atom. The van der Waals surface area contributed by atoms with Crippen LogP contribution < -0.4 is 5.32 Å². The number of aliphatic imine (C=N–C) groups is 2. The summed E-state index contributed by atoms with van der Waals surface area (Å²) in [6.45, 7) is 4.53. The molecule has 51 heavy (non-hydrogen) atoms. The average Bonchev–Trinajstić information content (AvgIpc) is 3.43. The topological polar surface area (TPSA) is 60.5 Å². The number of amidine groups is 2. The molecule has 0 bridgehead atoms. The first kappa shape index (κ1) is 30.5. The van der Waals surface area contributed by atoms with Crippen LogP contribution in [0.25, 0.3) is 44.2 Å². The van der Waals surface area contributed by atoms with Gasteiger partial charge in [-0.05, 0) is 73.0 Å². The molecule has 0 amide bonds. The standard InChI is InChI=1S/C47H34N4/c1-47(2)41-19-11-18-39(43(41)40-25-20-30(29-48)28-42(40)47)38-27-26-35(36-16-9-10-17-37(36)38)31-21-23-34(24-22-31)46-50-44(32-12-5-3-6-13-32)49-45(51-46)33-14-7-4-8-15-33/h3-28,46H,1-2H3,(H,49,50,51). The number of nitrogens with one attached hydrogen (secondary N) is 1. The predicted octanol–water partition coefficient (Wildman–Crippen LogP) is 10.8. The van der Waals surface area contributed by atoms with E-state index in [0.29, 0.717) is 5.56 Å². The van der Waals surface area contributed by atoms with Crippen molar-refractivity contribution in [2.45, 2.75) is 25.4 Å². The second kappa shape index (κ2) is 12.1. The van der Waals surface area contributed by atoms with Crippen molar-refractivity contribution in [1.82, 2.24) is 5.32 Å². The van der Waals surface area contributed by atoms with Crippen LogP contribution in [0.4, 0.5) is 0 Å². The van der Waals surface area contributed by atoms with Gasteiger partial charge in [-0.25, -0.2) is 9.98 Å². The number of nitriles is 1. The molecule has 1 N–H and O–H groups in total. The van der Waals surface area contributed by atoms with E-state index < -0.39 is 0 Å². The molecule has 0 spiro atoms. The second-order valence-electron chi connectivity index (χ2n) is 13.7. The molecule has 2 aliphatic rings. The van der Waals surface area contributed by atoms with Crippen molar-refractivity contribution >= 4 is 22.4 Å². The number of fused-ring (bicyclic) bond motifs is 4. The quantitative estimate of drug-likeness (QED) is 0.201. The average molecular weight is 655 g/mol. The summed E-state index contributed by atoms with van der Waals surface area (Å²) in [4.78, 5) is 10.1. The summed E-state index contributed by atoms with van der Waals surface area (Å²) in [5, 5.41) is 15.5. The molecular formula is C47H34N4. The summed E-state index contributed by atoms with van der Waals surface area (Å²) in [5.41, 5.74) is 13.3. The largest absolute Gasteiger partial charge is 0.324 e. The molecule has 1 aliphatic carbocycles. The summed E-state index contributed by atoms with van der Waals surface area (Å²) >= 11 is 0. The highest BCUT2D eigenvalue weighted by Crippen LogP contribution is 2.53. The lowest BCUT2D eigenvalue weighted by atomic mass is 9.81. The minimum absolute atomic E-state index is 0.197. The van der Waals surface area contributed by atoms with E-state index in [1.54, 1.807) is 0 Å². The Kier molecular flexibility index (Phi) is 7.22. The molecule has 4 nitrogen and oxygen atoms in total. The van der Waals surface area contributed by atoms with Gasteiger partial charge in [0.05, 0.1) is 11.6 Å². The van der Waals surface area contributed by atoms with Crippen LogP contribution in [0.5, 0.6) is 0 Å². The molecule has 0 saturated heterocycles. The molecule has 0 atom stereocenters. The maximum Gasteiger partial charge on any atom is 0.169 e. The number of hydrogen-bond donors (Lipinski definition) is 1. The molecule has 0 unspecified atom stereocenters. The van der Waals surface area contributed by atoms with Gasteiger partial charge in [0.15, 0.2) is 6.17 Å². The van der Waals surface area contributed by atoms with Gasteiger partial charge in [-0.3, -0.25) is 0 Å². The van der Waals surface area contributed by atoms with Crippen LogP contribution in [0, 0.1) is 11.3 Å². The van der Waals surface area contributed by atoms with Crippen molar-refractivity contribution in [3.05, 3.63) is 191 Å². The van der Waals surface area contributed by atoms with Gasteiger partial charge < -0.3 is 5.32 Å². The highest BCUT2D eigenvalue weighted by Gasteiger charge is 2.37. The minimum atomic E-state index is -0.374. The van der Waals surface area contributed by atoms with Crippen molar-refractivity contribution in [3.63, 3.8) is 0 Å². The molecule has 9 rings (SSSR count). The maximum absolute atomic E-state index is 9.65. The number of benzene rings is 7. The van der Waals surface area contributed by atoms with Crippen molar-refractivity contribution in [3.8, 4) is 39.4 Å². The van der Waals surface area contributed by atoms with Crippen molar-refractivity contribution in [1.29, 1.82) is 5.26 Å². The van der Waals surface area contributed by atoms with Gasteiger partial charge in [0.1, 0.15) is 11.7 Å². The highest BCUT2D eigenvalue weighted by molar-refractivity contribution is 6.16. The summed E-state index contributed by atoms with van der Waals surface area (Å²) in [6.07, 6.45) is -0.374. The van der Waals surface area contributed by atoms with Crippen molar-refractivity contribution < 1.29 is 0 Å². The lowest BCUT2D eigenvalue weighted by Gasteiger charge is -2.22. The Morgan fingerprint density at radius 1 is 0.529 bits per heavy atom. The first-order valence-electron chi connectivity index (χ1n) is 17.3. The normalized spacial score (nSPS) is 14.5. The fraction of sp³-hybridized carbons (Fsp3) is 0.0851. The van der Waals surface area contributed by atoms with E-state index in [2.05, 4.69) is 140 Å². The third-order valence-electron chi connectivity index (χ3n) is 10.4. The fourth-order valence-electron chi connectivity index (χ4n) is 7.79. The molecule has 1 heterocycles. The van der Waals surface area contributed by atoms with Gasteiger partial charge in [-0.1, -0.05) is 159 Å². The third kappa shape index (κ3) is 5.14. The third-order valence-corrected chi connectivity index (χ3v) is 10.4. The molecule has 242 valence electrons. The van der Waals surface area contributed by atoms with Crippen molar-refractivity contribution in [2.24, 2.45) is 9.98 Å². The van der Waals surface area contributed by atoms with E-state index in [1.165, 1.54) is 49.7 Å². The Bertz CT molecular complexity index is 2520. The lowest BCUT2D eigenvalue weighted by Crippen LogP contribution is -2.35. The van der Waals surface area contributed by atoms with Crippen LogP contribution in [0.3, 0.4) is 0 Å². The minimum Gasteiger partial charge on any atom is -0.324 e. The van der Waals surface area contributed by atoms with Crippen molar-refractivity contribution in [2.75, 3.05) is 0 Å².